The van der Waals surface area contributed by atoms with Crippen LogP contribution in [0.15, 0.2) is 88.9 Å². The predicted octanol–water partition coefficient (Wildman–Crippen LogP) is 6.00. The third-order valence-electron chi connectivity index (χ3n) is 7.64. The van der Waals surface area contributed by atoms with E-state index in [9.17, 15) is 18.0 Å². The van der Waals surface area contributed by atoms with Crippen LogP contribution in [0.2, 0.25) is 0 Å². The van der Waals surface area contributed by atoms with E-state index in [2.05, 4.69) is 36.3 Å². The van der Waals surface area contributed by atoms with Crippen LogP contribution >= 0.6 is 11.3 Å². The van der Waals surface area contributed by atoms with Gasteiger partial charge in [-0.15, -0.1) is 11.3 Å². The smallest absolute Gasteiger partial charge is 0.400 e. The van der Waals surface area contributed by atoms with E-state index in [1.54, 1.807) is 18.5 Å². The lowest BCUT2D eigenvalue weighted by Gasteiger charge is -2.16. The van der Waals surface area contributed by atoms with Gasteiger partial charge in [-0.05, 0) is 18.9 Å². The summed E-state index contributed by atoms with van der Waals surface area (Å²) in [5.74, 6) is 0.147. The molecule has 1 fully saturated rings. The van der Waals surface area contributed by atoms with Crippen molar-refractivity contribution in [3.63, 3.8) is 0 Å². The normalized spacial score (nSPS) is 19.4. The Morgan fingerprint density at radius 2 is 1.80 bits per heavy atom. The van der Waals surface area contributed by atoms with Crippen LogP contribution in [0.4, 0.5) is 18.9 Å². The van der Waals surface area contributed by atoms with Gasteiger partial charge in [0.15, 0.2) is 0 Å². The van der Waals surface area contributed by atoms with E-state index in [0.717, 1.165) is 22.5 Å². The number of amides is 1. The van der Waals surface area contributed by atoms with Crippen LogP contribution < -0.4 is 10.6 Å². The van der Waals surface area contributed by atoms with Crippen LogP contribution in [0.1, 0.15) is 47.4 Å². The van der Waals surface area contributed by atoms with Gasteiger partial charge in [0.05, 0.1) is 22.5 Å². The topological polar surface area (TPSA) is 114 Å². The third kappa shape index (κ3) is 5.30. The summed E-state index contributed by atoms with van der Waals surface area (Å²) in [5, 5.41) is 5.64. The molecule has 0 saturated heterocycles. The molecule has 0 radical (unpaired) electrons. The van der Waals surface area contributed by atoms with E-state index in [-0.39, 0.29) is 35.3 Å². The van der Waals surface area contributed by atoms with Gasteiger partial charge in [-0.2, -0.15) is 18.2 Å². The first kappa shape index (κ1) is 28.6. The van der Waals surface area contributed by atoms with E-state index < -0.39 is 23.7 Å². The number of benzene rings is 2. The predicted molar refractivity (Wildman–Crippen MR) is 164 cm³/mol. The number of aryl methyl sites for hydroxylation is 1. The molecular formula is C32H24F3N7O2S. The minimum Gasteiger partial charge on any atom is -0.415 e. The average Bonchev–Trinajstić information content (AvgIpc) is 3.79. The van der Waals surface area contributed by atoms with Gasteiger partial charge < -0.3 is 15.4 Å². The number of nitrogens with zero attached hydrogens (tertiary/aromatic N) is 5. The zero-order valence-corrected chi connectivity index (χ0v) is 24.5. The molecule has 2 aliphatic heterocycles. The van der Waals surface area contributed by atoms with Crippen molar-refractivity contribution in [2.45, 2.75) is 43.9 Å². The first-order valence-electron chi connectivity index (χ1n) is 14.2. The van der Waals surface area contributed by atoms with Gasteiger partial charge in [0.1, 0.15) is 21.9 Å². The SMILES string of the molecule is CCc1ncc(-c2sc(C3(C(F)(F)F)CC3)nc2C2=C=CN/C(=N\[C@@H]3N=C(c4ccccc4)c4ccccc4NC3=O)O2)cn1. The maximum Gasteiger partial charge on any atom is 0.400 e. The first-order valence-corrected chi connectivity index (χ1v) is 15.0. The number of anilines is 1. The zero-order valence-electron chi connectivity index (χ0n) is 23.7. The van der Waals surface area contributed by atoms with E-state index in [0.29, 0.717) is 34.1 Å². The molecule has 2 N–H and O–H groups in total. The summed E-state index contributed by atoms with van der Waals surface area (Å²) in [6.07, 6.45) is -0.650. The van der Waals surface area contributed by atoms with Gasteiger partial charge in [0.25, 0.3) is 11.9 Å². The largest absolute Gasteiger partial charge is 0.415 e. The van der Waals surface area contributed by atoms with Crippen molar-refractivity contribution in [1.82, 2.24) is 20.3 Å². The molecule has 13 heteroatoms. The van der Waals surface area contributed by atoms with Gasteiger partial charge >= 0.3 is 6.18 Å². The molecule has 2 aromatic heterocycles. The van der Waals surface area contributed by atoms with Crippen molar-refractivity contribution in [3.05, 3.63) is 107 Å². The van der Waals surface area contributed by atoms with E-state index in [4.69, 9.17) is 9.73 Å². The van der Waals surface area contributed by atoms with E-state index >= 15 is 0 Å². The number of hydrogen-bond donors (Lipinski definition) is 2. The fraction of sp³-hybridized carbons (Fsp3) is 0.219. The molecule has 0 spiro atoms. The quantitative estimate of drug-likeness (QED) is 0.254. The van der Waals surface area contributed by atoms with Crippen molar-refractivity contribution in [3.8, 4) is 10.4 Å². The summed E-state index contributed by atoms with van der Waals surface area (Å²) < 4.78 is 48.3. The summed E-state index contributed by atoms with van der Waals surface area (Å²) in [4.78, 5) is 36.0. The fourth-order valence-corrected chi connectivity index (χ4v) is 6.35. The van der Waals surface area contributed by atoms with Gasteiger partial charge in [-0.25, -0.2) is 19.9 Å². The number of carbonyl (C=O) groups is 1. The Morgan fingerprint density at radius 1 is 1.07 bits per heavy atom. The maximum atomic E-state index is 14.1. The molecule has 4 aromatic rings. The monoisotopic (exact) mass is 627 g/mol. The van der Waals surface area contributed by atoms with Crippen LogP contribution in [0.3, 0.4) is 0 Å². The summed E-state index contributed by atoms with van der Waals surface area (Å²) in [6, 6.07) is 16.6. The molecule has 9 nitrogen and oxygen atoms in total. The van der Waals surface area contributed by atoms with Crippen molar-refractivity contribution < 1.29 is 22.7 Å². The molecule has 0 unspecified atom stereocenters. The highest BCUT2D eigenvalue weighted by molar-refractivity contribution is 7.15. The number of aromatic nitrogens is 3. The van der Waals surface area contributed by atoms with Gasteiger partial charge in [0.2, 0.25) is 11.9 Å². The van der Waals surface area contributed by atoms with Gasteiger partial charge in [-0.1, -0.05) is 61.2 Å². The minimum atomic E-state index is -4.45. The first-order chi connectivity index (χ1) is 21.8. The Bertz CT molecular complexity index is 1920. The van der Waals surface area contributed by atoms with E-state index in [1.165, 1.54) is 6.20 Å². The molecule has 0 bridgehead atoms. The lowest BCUT2D eigenvalue weighted by atomic mass is 10.0. The number of carbonyl (C=O) groups excluding carboxylic acids is 1. The molecule has 1 aliphatic carbocycles. The second kappa shape index (κ2) is 11.1. The molecule has 1 saturated carbocycles. The highest BCUT2D eigenvalue weighted by atomic mass is 32.1. The Hall–Kier alpha value is -5.13. The molecule has 226 valence electrons. The number of benzodiazepines with no additional fused rings is 1. The number of hydrogen-bond acceptors (Lipinski definition) is 8. The second-order valence-electron chi connectivity index (χ2n) is 10.6. The minimum absolute atomic E-state index is 0.0344. The summed E-state index contributed by atoms with van der Waals surface area (Å²) in [6.45, 7) is 1.91. The number of halogens is 3. The average molecular weight is 628 g/mol. The number of aliphatic imine (C=N–C) groups is 2. The van der Waals surface area contributed by atoms with Crippen molar-refractivity contribution in [2.24, 2.45) is 9.98 Å². The second-order valence-corrected chi connectivity index (χ2v) is 11.6. The van der Waals surface area contributed by atoms with Crippen molar-refractivity contribution >= 4 is 40.4 Å². The molecule has 7 rings (SSSR count). The van der Waals surface area contributed by atoms with Crippen LogP contribution in [-0.2, 0) is 21.4 Å². The van der Waals surface area contributed by atoms with Gasteiger partial charge in [-0.3, -0.25) is 4.79 Å². The van der Waals surface area contributed by atoms with Crippen molar-refractivity contribution in [1.29, 1.82) is 0 Å². The molecule has 1 amide bonds. The molecule has 1 atom stereocenters. The highest BCUT2D eigenvalue weighted by Gasteiger charge is 2.66. The number of alkyl halides is 3. The van der Waals surface area contributed by atoms with Crippen molar-refractivity contribution in [2.75, 3.05) is 5.32 Å². The number of para-hydroxylation sites is 1. The van der Waals surface area contributed by atoms with E-state index in [1.807, 2.05) is 55.5 Å². The standard InChI is InChI=1S/C32H24F3N7O2S/c1-2-23-37-16-19(17-38-23)26-25(41-29(45-26)31(13-14-31)32(33,34)35)22-12-15-36-30(44-22)42-27-28(43)39-21-11-7-6-10-20(21)24(40-27)18-8-4-3-5-9-18/h3-11,15-17,27H,2,13-14H2,1H3,(H,36,42)(H,39,43)/t27-/m0/s1. The maximum absolute atomic E-state index is 14.1. The molecule has 45 heavy (non-hydrogen) atoms. The molecule has 4 heterocycles. The summed E-state index contributed by atoms with van der Waals surface area (Å²) in [7, 11) is 0. The zero-order chi connectivity index (χ0) is 31.2. The van der Waals surface area contributed by atoms with Gasteiger partial charge in [0, 0.05) is 35.5 Å². The number of fused-ring (bicyclic) bond motifs is 1. The lowest BCUT2D eigenvalue weighted by molar-refractivity contribution is -0.160. The highest BCUT2D eigenvalue weighted by Crippen LogP contribution is 2.60. The number of rotatable bonds is 6. The van der Waals surface area contributed by atoms with Crippen LogP contribution in [0.5, 0.6) is 0 Å². The molecular weight excluding hydrogens is 603 g/mol. The van der Waals surface area contributed by atoms with Crippen LogP contribution in [-0.4, -0.2) is 44.9 Å². The molecule has 2 aromatic carbocycles. The molecule has 3 aliphatic rings. The third-order valence-corrected chi connectivity index (χ3v) is 8.95. The lowest BCUT2D eigenvalue weighted by Crippen LogP contribution is -2.30. The fourth-order valence-electron chi connectivity index (χ4n) is 5.04. The summed E-state index contributed by atoms with van der Waals surface area (Å²) in [5.41, 5.74) is 4.20. The number of nitrogens with one attached hydrogen (secondary N) is 2. The Balaban J connectivity index is 1.26. The van der Waals surface area contributed by atoms with Crippen LogP contribution in [0, 0.1) is 0 Å². The van der Waals surface area contributed by atoms with Crippen LogP contribution in [0.25, 0.3) is 16.2 Å². The Labute approximate surface area is 259 Å². The Kier molecular flexibility index (Phi) is 7.06. The number of ether oxygens (including phenoxy) is 1. The number of amidine groups is 1. The number of thiazole rings is 1. The Morgan fingerprint density at radius 3 is 2.51 bits per heavy atom. The summed E-state index contributed by atoms with van der Waals surface area (Å²) >= 11 is 0.935.